The quantitative estimate of drug-likeness (QED) is 0.590. The van der Waals surface area contributed by atoms with E-state index in [1.54, 1.807) is 10.5 Å². The van der Waals surface area contributed by atoms with Gasteiger partial charge in [-0.2, -0.15) is 0 Å². The number of halogens is 1. The Morgan fingerprint density at radius 2 is 2.08 bits per heavy atom. The fourth-order valence-electron chi connectivity index (χ4n) is 2.59. The molecule has 3 aromatic rings. The molecule has 0 saturated carbocycles. The van der Waals surface area contributed by atoms with Gasteiger partial charge in [0.25, 0.3) is 5.56 Å². The van der Waals surface area contributed by atoms with Gasteiger partial charge in [0.15, 0.2) is 4.96 Å². The number of hydrogen-bond donors (Lipinski definition) is 0. The molecule has 0 amide bonds. The third-order valence-electron chi connectivity index (χ3n) is 3.83. The highest BCUT2D eigenvalue weighted by atomic mass is 35.5. The Balaban J connectivity index is 1.50. The van der Waals surface area contributed by atoms with Crippen LogP contribution in [0.2, 0.25) is 5.02 Å². The lowest BCUT2D eigenvalue weighted by Crippen LogP contribution is -2.23. The molecule has 0 saturated heterocycles. The molecule has 0 unspecified atom stereocenters. The van der Waals surface area contributed by atoms with Crippen molar-refractivity contribution in [1.82, 2.24) is 14.3 Å². The lowest BCUT2D eigenvalue weighted by Gasteiger charge is -2.16. The zero-order valence-electron chi connectivity index (χ0n) is 14.2. The van der Waals surface area contributed by atoms with Gasteiger partial charge in [-0.25, -0.2) is 4.98 Å². The number of aromatic nitrogens is 2. The molecule has 1 aromatic carbocycles. The van der Waals surface area contributed by atoms with E-state index in [0.29, 0.717) is 18.2 Å². The van der Waals surface area contributed by atoms with Crippen LogP contribution in [-0.4, -0.2) is 34.5 Å². The lowest BCUT2D eigenvalue weighted by molar-refractivity contribution is 0.257. The van der Waals surface area contributed by atoms with Crippen LogP contribution in [0.15, 0.2) is 40.5 Å². The third kappa shape index (κ3) is 4.60. The Bertz CT molecular complexity index is 905. The SMILES string of the molecule is Cc1csc2nc(CN(C)CCCOc3ccc(Cl)cc3)cc(=O)n12. The molecule has 0 aliphatic rings. The van der Waals surface area contributed by atoms with Crippen LogP contribution >= 0.6 is 22.9 Å². The van der Waals surface area contributed by atoms with Gasteiger partial charge in [0.05, 0.1) is 12.3 Å². The molecule has 132 valence electrons. The zero-order chi connectivity index (χ0) is 17.8. The zero-order valence-corrected chi connectivity index (χ0v) is 15.8. The summed E-state index contributed by atoms with van der Waals surface area (Å²) in [5, 5.41) is 2.65. The standard InChI is InChI=1S/C18H20ClN3O2S/c1-13-12-25-18-20-15(10-17(23)22(13)18)11-21(2)8-3-9-24-16-6-4-14(19)5-7-16/h4-7,10,12H,3,8-9,11H2,1-2H3. The van der Waals surface area contributed by atoms with Gasteiger partial charge in [-0.15, -0.1) is 11.3 Å². The van der Waals surface area contributed by atoms with Gasteiger partial charge in [0.2, 0.25) is 0 Å². The molecular formula is C18H20ClN3O2S. The Morgan fingerprint density at radius 1 is 1.32 bits per heavy atom. The van der Waals surface area contributed by atoms with E-state index in [0.717, 1.165) is 35.1 Å². The van der Waals surface area contributed by atoms with Crippen LogP contribution in [0.3, 0.4) is 0 Å². The first-order chi connectivity index (χ1) is 12.0. The fourth-order valence-corrected chi connectivity index (χ4v) is 3.61. The molecule has 0 radical (unpaired) electrons. The van der Waals surface area contributed by atoms with Gasteiger partial charge >= 0.3 is 0 Å². The molecule has 0 aliphatic carbocycles. The first-order valence-electron chi connectivity index (χ1n) is 8.06. The van der Waals surface area contributed by atoms with E-state index >= 15 is 0 Å². The maximum atomic E-state index is 12.2. The summed E-state index contributed by atoms with van der Waals surface area (Å²) < 4.78 is 7.34. The topological polar surface area (TPSA) is 46.8 Å². The second-order valence-corrected chi connectivity index (χ2v) is 7.25. The van der Waals surface area contributed by atoms with Crippen molar-refractivity contribution in [2.45, 2.75) is 19.9 Å². The second-order valence-electron chi connectivity index (χ2n) is 5.97. The van der Waals surface area contributed by atoms with Crippen LogP contribution in [-0.2, 0) is 6.54 Å². The first kappa shape index (κ1) is 17.9. The number of thiazole rings is 1. The molecule has 5 nitrogen and oxygen atoms in total. The molecular weight excluding hydrogens is 358 g/mol. The minimum Gasteiger partial charge on any atom is -0.494 e. The molecule has 3 rings (SSSR count). The Morgan fingerprint density at radius 3 is 2.84 bits per heavy atom. The smallest absolute Gasteiger partial charge is 0.259 e. The minimum absolute atomic E-state index is 0.0155. The van der Waals surface area contributed by atoms with Crippen molar-refractivity contribution < 1.29 is 4.74 Å². The van der Waals surface area contributed by atoms with Crippen LogP contribution < -0.4 is 10.3 Å². The van der Waals surface area contributed by atoms with Gasteiger partial charge in [-0.1, -0.05) is 11.6 Å². The van der Waals surface area contributed by atoms with Gasteiger partial charge in [0, 0.05) is 35.3 Å². The molecule has 2 heterocycles. The van der Waals surface area contributed by atoms with Gasteiger partial charge in [0.1, 0.15) is 5.75 Å². The number of nitrogens with zero attached hydrogens (tertiary/aromatic N) is 3. The van der Waals surface area contributed by atoms with E-state index in [-0.39, 0.29) is 5.56 Å². The average Bonchev–Trinajstić information content (AvgIpc) is 2.95. The highest BCUT2D eigenvalue weighted by Crippen LogP contribution is 2.16. The maximum absolute atomic E-state index is 12.2. The van der Waals surface area contributed by atoms with E-state index < -0.39 is 0 Å². The van der Waals surface area contributed by atoms with Crippen molar-refractivity contribution in [3.8, 4) is 5.75 Å². The summed E-state index contributed by atoms with van der Waals surface area (Å²) in [7, 11) is 2.02. The number of rotatable bonds is 7. The van der Waals surface area contributed by atoms with Crippen LogP contribution in [0.4, 0.5) is 0 Å². The molecule has 2 aromatic heterocycles. The van der Waals surface area contributed by atoms with E-state index in [1.807, 2.05) is 43.6 Å². The molecule has 0 bridgehead atoms. The van der Waals surface area contributed by atoms with Gasteiger partial charge < -0.3 is 9.64 Å². The van der Waals surface area contributed by atoms with Crippen molar-refractivity contribution in [1.29, 1.82) is 0 Å². The molecule has 0 fully saturated rings. The summed E-state index contributed by atoms with van der Waals surface area (Å²) in [4.78, 5) is 19.7. The first-order valence-corrected chi connectivity index (χ1v) is 9.32. The Labute approximate surface area is 155 Å². The van der Waals surface area contributed by atoms with Gasteiger partial charge in [-0.05, 0) is 44.7 Å². The second kappa shape index (κ2) is 7.99. The van der Waals surface area contributed by atoms with E-state index in [9.17, 15) is 4.79 Å². The monoisotopic (exact) mass is 377 g/mol. The predicted molar refractivity (Wildman–Crippen MR) is 102 cm³/mol. The van der Waals surface area contributed by atoms with Crippen molar-refractivity contribution in [3.63, 3.8) is 0 Å². The summed E-state index contributed by atoms with van der Waals surface area (Å²) in [5.41, 5.74) is 1.71. The molecule has 7 heteroatoms. The predicted octanol–water partition coefficient (Wildman–Crippen LogP) is 3.62. The maximum Gasteiger partial charge on any atom is 0.259 e. The lowest BCUT2D eigenvalue weighted by atomic mass is 10.3. The Kier molecular flexibility index (Phi) is 5.73. The number of aryl methyl sites for hydroxylation is 1. The molecule has 0 atom stereocenters. The van der Waals surface area contributed by atoms with Crippen LogP contribution in [0.1, 0.15) is 17.8 Å². The van der Waals surface area contributed by atoms with E-state index in [4.69, 9.17) is 16.3 Å². The van der Waals surface area contributed by atoms with E-state index in [1.165, 1.54) is 11.3 Å². The number of hydrogen-bond acceptors (Lipinski definition) is 5. The highest BCUT2D eigenvalue weighted by Gasteiger charge is 2.08. The Hall–Kier alpha value is -1.89. The molecule has 0 N–H and O–H groups in total. The van der Waals surface area contributed by atoms with Crippen molar-refractivity contribution in [3.05, 3.63) is 62.5 Å². The van der Waals surface area contributed by atoms with Gasteiger partial charge in [-0.3, -0.25) is 9.20 Å². The van der Waals surface area contributed by atoms with Crippen LogP contribution in [0.5, 0.6) is 5.75 Å². The van der Waals surface area contributed by atoms with E-state index in [2.05, 4.69) is 9.88 Å². The normalized spacial score (nSPS) is 11.4. The molecule has 25 heavy (non-hydrogen) atoms. The minimum atomic E-state index is -0.0155. The fraction of sp³-hybridized carbons (Fsp3) is 0.333. The average molecular weight is 378 g/mol. The summed E-state index contributed by atoms with van der Waals surface area (Å²) >= 11 is 7.34. The van der Waals surface area contributed by atoms with Crippen LogP contribution in [0.25, 0.3) is 4.96 Å². The summed E-state index contributed by atoms with van der Waals surface area (Å²) in [6.45, 7) is 4.05. The molecule has 0 spiro atoms. The van der Waals surface area contributed by atoms with Crippen molar-refractivity contribution in [2.75, 3.05) is 20.2 Å². The summed E-state index contributed by atoms with van der Waals surface area (Å²) in [6, 6.07) is 8.97. The van der Waals surface area contributed by atoms with Crippen molar-refractivity contribution >= 4 is 27.9 Å². The summed E-state index contributed by atoms with van der Waals surface area (Å²) in [6.07, 6.45) is 0.887. The number of benzene rings is 1. The third-order valence-corrected chi connectivity index (χ3v) is 5.02. The van der Waals surface area contributed by atoms with Crippen LogP contribution in [0, 0.1) is 6.92 Å². The molecule has 0 aliphatic heterocycles. The largest absolute Gasteiger partial charge is 0.494 e. The summed E-state index contributed by atoms with van der Waals surface area (Å²) in [5.74, 6) is 0.820. The highest BCUT2D eigenvalue weighted by molar-refractivity contribution is 7.15. The van der Waals surface area contributed by atoms with Crippen molar-refractivity contribution in [2.24, 2.45) is 0 Å². The number of fused-ring (bicyclic) bond motifs is 1. The number of ether oxygens (including phenoxy) is 1.